The van der Waals surface area contributed by atoms with Gasteiger partial charge >= 0.3 is 0 Å². The number of nitrogens with zero attached hydrogens (tertiary/aromatic N) is 1. The van der Waals surface area contributed by atoms with Gasteiger partial charge in [0, 0.05) is 16.3 Å². The first-order chi connectivity index (χ1) is 10.6. The van der Waals surface area contributed by atoms with Gasteiger partial charge in [0.25, 0.3) is 5.91 Å². The molecule has 3 N–H and O–H groups in total. The molecule has 124 valence electrons. The topological polar surface area (TPSA) is 68.0 Å². The summed E-state index contributed by atoms with van der Waals surface area (Å²) in [5, 5.41) is 5.93. The molecule has 0 radical (unpaired) electrons. The van der Waals surface area contributed by atoms with Gasteiger partial charge in [-0.15, -0.1) is 23.7 Å². The summed E-state index contributed by atoms with van der Waals surface area (Å²) in [5.74, 6) is -0.0952. The maximum atomic E-state index is 12.5. The van der Waals surface area contributed by atoms with Crippen molar-refractivity contribution >= 4 is 45.6 Å². The van der Waals surface area contributed by atoms with Crippen LogP contribution < -0.4 is 11.1 Å². The smallest absolute Gasteiger partial charge is 0.271 e. The fraction of sp³-hybridized carbons (Fsp3) is 0.375. The molecular formula is C16H19BrClN3OS. The Balaban J connectivity index is 0.00000192. The number of carbonyl (C=O) groups excluding carboxylic acids is 1. The van der Waals surface area contributed by atoms with Crippen LogP contribution >= 0.6 is 39.7 Å². The van der Waals surface area contributed by atoms with Gasteiger partial charge in [-0.05, 0) is 43.5 Å². The lowest BCUT2D eigenvalue weighted by Gasteiger charge is -2.43. The maximum absolute atomic E-state index is 12.5. The molecule has 23 heavy (non-hydrogen) atoms. The Morgan fingerprint density at radius 1 is 1.35 bits per heavy atom. The molecule has 1 aliphatic rings. The molecule has 1 fully saturated rings. The highest BCUT2D eigenvalue weighted by Crippen LogP contribution is 2.41. The van der Waals surface area contributed by atoms with Gasteiger partial charge in [0.15, 0.2) is 0 Å². The lowest BCUT2D eigenvalue weighted by molar-refractivity contribution is 0.0818. The van der Waals surface area contributed by atoms with Gasteiger partial charge in [0.2, 0.25) is 0 Å². The van der Waals surface area contributed by atoms with Crippen LogP contribution in [0, 0.1) is 0 Å². The largest absolute Gasteiger partial charge is 0.341 e. The van der Waals surface area contributed by atoms with Crippen molar-refractivity contribution in [3.05, 3.63) is 50.4 Å². The first kappa shape index (κ1) is 18.4. The van der Waals surface area contributed by atoms with E-state index in [0.29, 0.717) is 12.2 Å². The normalized spacial score (nSPS) is 15.4. The van der Waals surface area contributed by atoms with E-state index in [4.69, 9.17) is 5.73 Å². The summed E-state index contributed by atoms with van der Waals surface area (Å²) < 4.78 is 1.04. The van der Waals surface area contributed by atoms with Gasteiger partial charge in [-0.2, -0.15) is 0 Å². The number of rotatable bonds is 5. The van der Waals surface area contributed by atoms with Gasteiger partial charge < -0.3 is 11.1 Å². The number of nitrogens with two attached hydrogens (primary N) is 1. The van der Waals surface area contributed by atoms with Crippen LogP contribution in [0.2, 0.25) is 0 Å². The molecule has 7 heteroatoms. The average Bonchev–Trinajstić information content (AvgIpc) is 2.93. The summed E-state index contributed by atoms with van der Waals surface area (Å²) in [5.41, 5.74) is 6.95. The molecule has 0 spiro atoms. The minimum absolute atomic E-state index is 0. The van der Waals surface area contributed by atoms with E-state index in [2.05, 4.69) is 38.4 Å². The van der Waals surface area contributed by atoms with Crippen molar-refractivity contribution in [2.45, 2.75) is 31.2 Å². The van der Waals surface area contributed by atoms with Crippen LogP contribution in [0.1, 0.15) is 40.3 Å². The van der Waals surface area contributed by atoms with E-state index in [1.54, 1.807) is 0 Å². The number of thiazole rings is 1. The summed E-state index contributed by atoms with van der Waals surface area (Å²) in [4.78, 5) is 16.9. The van der Waals surface area contributed by atoms with Gasteiger partial charge in [0.05, 0.1) is 10.5 Å². The highest BCUT2D eigenvalue weighted by atomic mass is 79.9. The van der Waals surface area contributed by atoms with Crippen molar-refractivity contribution in [1.29, 1.82) is 0 Å². The number of halogens is 2. The van der Waals surface area contributed by atoms with Gasteiger partial charge in [-0.1, -0.05) is 28.1 Å². The van der Waals surface area contributed by atoms with Crippen LogP contribution in [0.4, 0.5) is 0 Å². The second kappa shape index (κ2) is 7.75. The second-order valence-electron chi connectivity index (χ2n) is 5.56. The fourth-order valence-electron chi connectivity index (χ4n) is 2.72. The molecule has 1 aromatic carbocycles. The van der Waals surface area contributed by atoms with Crippen molar-refractivity contribution < 1.29 is 4.79 Å². The Morgan fingerprint density at radius 3 is 2.61 bits per heavy atom. The van der Waals surface area contributed by atoms with Crippen LogP contribution in [-0.4, -0.2) is 17.4 Å². The summed E-state index contributed by atoms with van der Waals surface area (Å²) >= 11 is 4.94. The molecule has 1 saturated carbocycles. The molecule has 2 aromatic rings. The van der Waals surface area contributed by atoms with Gasteiger partial charge in [-0.25, -0.2) is 4.98 Å². The molecule has 3 rings (SSSR count). The number of carbonyl (C=O) groups is 1. The van der Waals surface area contributed by atoms with Gasteiger partial charge in [0.1, 0.15) is 5.69 Å². The lowest BCUT2D eigenvalue weighted by Crippen LogP contribution is -2.50. The molecule has 1 aromatic heterocycles. The summed E-state index contributed by atoms with van der Waals surface area (Å²) in [7, 11) is 0. The monoisotopic (exact) mass is 415 g/mol. The molecule has 1 amide bonds. The van der Waals surface area contributed by atoms with E-state index in [1.807, 2.05) is 17.5 Å². The third-order valence-electron chi connectivity index (χ3n) is 4.10. The second-order valence-corrected chi connectivity index (χ2v) is 7.42. The van der Waals surface area contributed by atoms with Crippen molar-refractivity contribution in [2.24, 2.45) is 5.73 Å². The first-order valence-corrected chi connectivity index (χ1v) is 9.03. The Kier molecular flexibility index (Phi) is 6.19. The number of hydrogen-bond acceptors (Lipinski definition) is 4. The van der Waals surface area contributed by atoms with Crippen LogP contribution in [0.5, 0.6) is 0 Å². The summed E-state index contributed by atoms with van der Waals surface area (Å²) in [6, 6.07) is 8.18. The summed E-state index contributed by atoms with van der Waals surface area (Å²) in [6.07, 6.45) is 3.79. The minimum atomic E-state index is -0.241. The molecule has 0 saturated heterocycles. The van der Waals surface area contributed by atoms with Crippen LogP contribution in [-0.2, 0) is 12.0 Å². The van der Waals surface area contributed by atoms with E-state index >= 15 is 0 Å². The van der Waals surface area contributed by atoms with E-state index in [1.165, 1.54) is 11.3 Å². The SMILES string of the molecule is Cl.NCCc1nc(C(=O)NC2(c3ccc(Br)cc3)CCC2)cs1. The molecule has 1 aliphatic carbocycles. The quantitative estimate of drug-likeness (QED) is 0.782. The van der Waals surface area contributed by atoms with Crippen LogP contribution in [0.25, 0.3) is 0 Å². The van der Waals surface area contributed by atoms with E-state index in [-0.39, 0.29) is 23.9 Å². The Labute approximate surface area is 154 Å². The van der Waals surface area contributed by atoms with Crippen molar-refractivity contribution in [1.82, 2.24) is 10.3 Å². The molecule has 0 atom stereocenters. The highest BCUT2D eigenvalue weighted by molar-refractivity contribution is 9.10. The average molecular weight is 417 g/mol. The zero-order valence-electron chi connectivity index (χ0n) is 12.5. The predicted molar refractivity (Wildman–Crippen MR) is 99.3 cm³/mol. The predicted octanol–water partition coefficient (Wildman–Crippen LogP) is 3.64. The molecular weight excluding hydrogens is 398 g/mol. The molecule has 0 unspecified atom stereocenters. The molecule has 4 nitrogen and oxygen atoms in total. The Morgan fingerprint density at radius 2 is 2.04 bits per heavy atom. The molecule has 0 aliphatic heterocycles. The maximum Gasteiger partial charge on any atom is 0.271 e. The third-order valence-corrected chi connectivity index (χ3v) is 5.54. The summed E-state index contributed by atoms with van der Waals surface area (Å²) in [6.45, 7) is 0.553. The van der Waals surface area contributed by atoms with Crippen LogP contribution in [0.3, 0.4) is 0 Å². The van der Waals surface area contributed by atoms with E-state index in [9.17, 15) is 4.79 Å². The van der Waals surface area contributed by atoms with Gasteiger partial charge in [-0.3, -0.25) is 4.79 Å². The molecule has 0 bridgehead atoms. The lowest BCUT2D eigenvalue weighted by atomic mass is 9.71. The van der Waals surface area contributed by atoms with Crippen LogP contribution in [0.15, 0.2) is 34.1 Å². The number of nitrogens with one attached hydrogen (secondary N) is 1. The number of hydrogen-bond donors (Lipinski definition) is 2. The van der Waals surface area contributed by atoms with E-state index < -0.39 is 0 Å². The van der Waals surface area contributed by atoms with Crippen molar-refractivity contribution in [2.75, 3.05) is 6.54 Å². The zero-order chi connectivity index (χ0) is 15.6. The molecule has 1 heterocycles. The standard InChI is InChI=1S/C16H18BrN3OS.ClH/c17-12-4-2-11(3-5-12)16(7-1-8-16)20-15(21)13-10-22-14(19-13)6-9-18;/h2-5,10H,1,6-9,18H2,(H,20,21);1H. The highest BCUT2D eigenvalue weighted by Gasteiger charge is 2.40. The van der Waals surface area contributed by atoms with Crippen molar-refractivity contribution in [3.63, 3.8) is 0 Å². The zero-order valence-corrected chi connectivity index (χ0v) is 15.8. The van der Waals surface area contributed by atoms with E-state index in [0.717, 1.165) is 40.7 Å². The number of benzene rings is 1. The first-order valence-electron chi connectivity index (χ1n) is 7.36. The number of aromatic nitrogens is 1. The minimum Gasteiger partial charge on any atom is -0.341 e. The van der Waals surface area contributed by atoms with Crippen molar-refractivity contribution in [3.8, 4) is 0 Å². The fourth-order valence-corrected chi connectivity index (χ4v) is 3.78. The Hall–Kier alpha value is -0.950. The Bertz CT molecular complexity index is 670. The number of amides is 1. The third kappa shape index (κ3) is 3.94.